The maximum Gasteiger partial charge on any atom is 0.119 e. The molecule has 0 amide bonds. The Hall–Kier alpha value is -0.360. The van der Waals surface area contributed by atoms with Crippen molar-refractivity contribution >= 4 is 8.35 Å². The normalized spacial score (nSPS) is 9.60. The van der Waals surface area contributed by atoms with Gasteiger partial charge in [-0.25, -0.2) is 9.73 Å². The Kier molecular flexibility index (Phi) is 0.673. The molecule has 0 aliphatic heterocycles. The van der Waals surface area contributed by atoms with E-state index in [9.17, 15) is 0 Å². The van der Waals surface area contributed by atoms with Crippen LogP contribution in [0.15, 0.2) is 12.3 Å². The zero-order valence-corrected chi connectivity index (χ0v) is 3.55. The van der Waals surface area contributed by atoms with Gasteiger partial charge in [-0.05, 0) is 8.35 Å². The molecule has 26 valence electrons. The van der Waals surface area contributed by atoms with E-state index in [-0.39, 0.29) is 0 Å². The Morgan fingerprint density at radius 2 is 2.60 bits per heavy atom. The van der Waals surface area contributed by atoms with E-state index in [1.165, 1.54) is 0 Å². The van der Waals surface area contributed by atoms with E-state index in [0.717, 1.165) is 0 Å². The monoisotopic (exact) mass is 86.0 g/mol. The van der Waals surface area contributed by atoms with Crippen LogP contribution >= 0.6 is 8.35 Å². The van der Waals surface area contributed by atoms with Gasteiger partial charge < -0.3 is 0 Å². The molecular formula is C2H3N2P. The zero-order valence-electron chi connectivity index (χ0n) is 2.55. The van der Waals surface area contributed by atoms with Crippen LogP contribution < -0.4 is 0 Å². The van der Waals surface area contributed by atoms with Crippen LogP contribution in [0.2, 0.25) is 0 Å². The molecule has 0 aliphatic rings. The van der Waals surface area contributed by atoms with Gasteiger partial charge in [-0.2, -0.15) is 0 Å². The molecule has 2 nitrogen and oxygen atoms in total. The molecule has 0 aliphatic carbocycles. The average Bonchev–Trinajstić information content (AvgIpc) is 1.76. The third-order valence-electron chi connectivity index (χ3n) is 0.331. The highest BCUT2D eigenvalue weighted by atomic mass is 31.0. The molecule has 1 unspecified atom stereocenters. The van der Waals surface area contributed by atoms with Gasteiger partial charge in [0.15, 0.2) is 0 Å². The molecule has 0 saturated heterocycles. The quantitative estimate of drug-likeness (QED) is 0.459. The lowest BCUT2D eigenvalue weighted by Gasteiger charge is -1.41. The summed E-state index contributed by atoms with van der Waals surface area (Å²) in [5.41, 5.74) is 0. The Labute approximate surface area is 31.4 Å². The maximum atomic E-state index is 3.76. The van der Waals surface area contributed by atoms with Gasteiger partial charge in [-0.15, -0.1) is 0 Å². The number of rotatable bonds is 0. The number of hydrogen-bond acceptors (Lipinski definition) is 2. The summed E-state index contributed by atoms with van der Waals surface area (Å²) < 4.78 is 3.76. The van der Waals surface area contributed by atoms with Crippen LogP contribution in [0.5, 0.6) is 0 Å². The molecule has 1 rings (SSSR count). The molecule has 0 bridgehead atoms. The Balaban J connectivity index is 3.13. The Morgan fingerprint density at radius 3 is 2.80 bits per heavy atom. The summed E-state index contributed by atoms with van der Waals surface area (Å²) >= 11 is 0. The maximum absolute atomic E-state index is 3.76. The highest BCUT2D eigenvalue weighted by molar-refractivity contribution is 7.24. The second kappa shape index (κ2) is 1.18. The first-order chi connectivity index (χ1) is 2.50. The number of aromatic nitrogens is 2. The van der Waals surface area contributed by atoms with Crippen LogP contribution in [0.3, 0.4) is 0 Å². The van der Waals surface area contributed by atoms with E-state index >= 15 is 0 Å². The first-order valence-corrected chi connectivity index (χ1v) is 2.31. The molecular weight excluding hydrogens is 83.0 g/mol. The van der Waals surface area contributed by atoms with E-state index in [1.807, 2.05) is 0 Å². The summed E-state index contributed by atoms with van der Waals surface area (Å²) in [6.07, 6.45) is 1.57. The van der Waals surface area contributed by atoms with Gasteiger partial charge in [0, 0.05) is 0 Å². The highest BCUT2D eigenvalue weighted by Crippen LogP contribution is 1.87. The van der Waals surface area contributed by atoms with Crippen LogP contribution in [0.4, 0.5) is 0 Å². The smallest absolute Gasteiger partial charge is 0.119 e. The largest absolute Gasteiger partial charge is 0.239 e. The lowest BCUT2D eigenvalue weighted by atomic mass is 11.4. The minimum Gasteiger partial charge on any atom is -0.239 e. The summed E-state index contributed by atoms with van der Waals surface area (Å²) in [7, 11) is 0.586. The fourth-order valence-corrected chi connectivity index (χ4v) is 0.500. The van der Waals surface area contributed by atoms with Crippen LogP contribution in [-0.2, 0) is 0 Å². The van der Waals surface area contributed by atoms with Crippen LogP contribution in [0.1, 0.15) is 0 Å². The molecule has 0 aromatic carbocycles. The molecule has 0 fully saturated rings. The number of nitrogens with zero attached hydrogens (tertiary/aromatic N) is 2. The lowest BCUT2D eigenvalue weighted by molar-refractivity contribution is 1.33. The van der Waals surface area contributed by atoms with E-state index in [4.69, 9.17) is 0 Å². The molecule has 1 aromatic rings. The molecule has 3 heteroatoms. The molecule has 0 saturated carbocycles. The van der Waals surface area contributed by atoms with Gasteiger partial charge in [0.2, 0.25) is 0 Å². The second-order valence-electron chi connectivity index (χ2n) is 0.652. The van der Waals surface area contributed by atoms with Crippen molar-refractivity contribution < 1.29 is 0 Å². The Bertz CT molecular complexity index is 64.1. The van der Waals surface area contributed by atoms with Gasteiger partial charge in [-0.1, -0.05) is 0 Å². The molecule has 5 heavy (non-hydrogen) atoms. The van der Waals surface area contributed by atoms with Gasteiger partial charge in [-0.3, -0.25) is 0 Å². The van der Waals surface area contributed by atoms with Crippen molar-refractivity contribution in [1.29, 1.82) is 0 Å². The molecule has 0 spiro atoms. The highest BCUT2D eigenvalue weighted by Gasteiger charge is 1.58. The second-order valence-corrected chi connectivity index (χ2v) is 1.43. The zero-order chi connectivity index (χ0) is 3.54. The van der Waals surface area contributed by atoms with Gasteiger partial charge in [0.25, 0.3) is 0 Å². The molecule has 1 heterocycles. The van der Waals surface area contributed by atoms with Crippen molar-refractivity contribution in [1.82, 2.24) is 9.73 Å². The van der Waals surface area contributed by atoms with E-state index in [1.54, 1.807) is 12.3 Å². The third kappa shape index (κ3) is 0.455. The summed E-state index contributed by atoms with van der Waals surface area (Å²) in [6, 6.07) is 0. The SMILES string of the molecule is c1nc[pH]n1. The summed E-state index contributed by atoms with van der Waals surface area (Å²) in [6.45, 7) is 0. The van der Waals surface area contributed by atoms with Crippen molar-refractivity contribution in [3.63, 3.8) is 0 Å². The predicted molar refractivity (Wildman–Crippen MR) is 21.5 cm³/mol. The van der Waals surface area contributed by atoms with Crippen molar-refractivity contribution in [3.8, 4) is 0 Å². The molecule has 0 radical (unpaired) electrons. The fraction of sp³-hybridized carbons (Fsp3) is 0. The van der Waals surface area contributed by atoms with Gasteiger partial charge >= 0.3 is 0 Å². The molecule has 1 atom stereocenters. The average molecular weight is 86.0 g/mol. The predicted octanol–water partition coefficient (Wildman–Crippen LogP) is 0.508. The standard InChI is InChI=1S/C2H3N2P/c1-3-2-5-4-1/h1-2,5H. The van der Waals surface area contributed by atoms with E-state index in [2.05, 4.69) is 9.73 Å². The molecule has 1 aromatic heterocycles. The van der Waals surface area contributed by atoms with Gasteiger partial charge in [0.05, 0.1) is 5.93 Å². The van der Waals surface area contributed by atoms with E-state index in [0.29, 0.717) is 8.35 Å². The fourth-order valence-electron chi connectivity index (χ4n) is 0.167. The summed E-state index contributed by atoms with van der Waals surface area (Å²) in [5.74, 6) is 1.79. The van der Waals surface area contributed by atoms with Crippen LogP contribution in [0.25, 0.3) is 0 Å². The van der Waals surface area contributed by atoms with Gasteiger partial charge in [0.1, 0.15) is 6.33 Å². The van der Waals surface area contributed by atoms with E-state index < -0.39 is 0 Å². The molecule has 0 N–H and O–H groups in total. The Morgan fingerprint density at radius 1 is 1.60 bits per heavy atom. The van der Waals surface area contributed by atoms with Crippen LogP contribution in [0, 0.1) is 0 Å². The van der Waals surface area contributed by atoms with Crippen molar-refractivity contribution in [2.24, 2.45) is 0 Å². The van der Waals surface area contributed by atoms with Crippen molar-refractivity contribution in [3.05, 3.63) is 12.3 Å². The third-order valence-corrected chi connectivity index (χ3v) is 0.860. The minimum atomic E-state index is 0.586. The minimum absolute atomic E-state index is 0.586. The summed E-state index contributed by atoms with van der Waals surface area (Å²) in [4.78, 5) is 3.68. The van der Waals surface area contributed by atoms with Crippen LogP contribution in [-0.4, -0.2) is 9.73 Å². The topological polar surface area (TPSA) is 25.8 Å². The first kappa shape index (κ1) is 2.86. The number of hydrogen-bond donors (Lipinski definition) is 0. The lowest BCUT2D eigenvalue weighted by Crippen LogP contribution is -1.43. The summed E-state index contributed by atoms with van der Waals surface area (Å²) in [5, 5.41) is 0. The first-order valence-electron chi connectivity index (χ1n) is 1.29. The van der Waals surface area contributed by atoms with Crippen molar-refractivity contribution in [2.75, 3.05) is 0 Å². The van der Waals surface area contributed by atoms with Crippen molar-refractivity contribution in [2.45, 2.75) is 0 Å².